The number of hydrogen-bond donors (Lipinski definition) is 2. The number of aliphatic hydroxyl groups is 1. The molecule has 0 aromatic heterocycles. The van der Waals surface area contributed by atoms with Gasteiger partial charge in [-0.2, -0.15) is 0 Å². The van der Waals surface area contributed by atoms with Gasteiger partial charge in [0.05, 0.1) is 6.10 Å². The first kappa shape index (κ1) is 11.4. The highest BCUT2D eigenvalue weighted by Gasteiger charge is 2.21. The normalized spacial score (nSPS) is 22.7. The molecule has 0 spiro atoms. The lowest BCUT2D eigenvalue weighted by atomic mass is 9.94. The van der Waals surface area contributed by atoms with E-state index in [-0.39, 0.29) is 6.10 Å². The zero-order valence-electron chi connectivity index (χ0n) is 9.43. The predicted octanol–water partition coefficient (Wildman–Crippen LogP) is 1.43. The van der Waals surface area contributed by atoms with Crippen molar-refractivity contribution in [3.8, 4) is 5.75 Å². The van der Waals surface area contributed by atoms with Crippen LogP contribution >= 0.6 is 0 Å². The van der Waals surface area contributed by atoms with Crippen LogP contribution < -0.4 is 10.1 Å². The van der Waals surface area contributed by atoms with Crippen LogP contribution in [0.3, 0.4) is 0 Å². The molecule has 3 nitrogen and oxygen atoms in total. The van der Waals surface area contributed by atoms with Crippen molar-refractivity contribution < 1.29 is 9.84 Å². The minimum atomic E-state index is -0.368. The summed E-state index contributed by atoms with van der Waals surface area (Å²) < 4.78 is 5.54. The van der Waals surface area contributed by atoms with E-state index < -0.39 is 0 Å². The highest BCUT2D eigenvalue weighted by molar-refractivity contribution is 5.20. The molecule has 1 heterocycles. The van der Waals surface area contributed by atoms with Gasteiger partial charge in [-0.05, 0) is 31.5 Å². The Morgan fingerprint density at radius 1 is 1.38 bits per heavy atom. The van der Waals surface area contributed by atoms with Crippen molar-refractivity contribution in [1.29, 1.82) is 0 Å². The summed E-state index contributed by atoms with van der Waals surface area (Å²) >= 11 is 0. The molecule has 88 valence electrons. The molecule has 0 radical (unpaired) electrons. The molecule has 1 saturated heterocycles. The Morgan fingerprint density at radius 3 is 2.88 bits per heavy atom. The minimum Gasteiger partial charge on any atom is -0.491 e. The van der Waals surface area contributed by atoms with Gasteiger partial charge in [0.1, 0.15) is 12.4 Å². The third-order valence-electron chi connectivity index (χ3n) is 3.04. The number of nitrogens with one attached hydrogen (secondary N) is 1. The van der Waals surface area contributed by atoms with Crippen molar-refractivity contribution in [2.75, 3.05) is 19.7 Å². The summed E-state index contributed by atoms with van der Waals surface area (Å²) in [5.41, 5.74) is 0. The third-order valence-corrected chi connectivity index (χ3v) is 3.04. The second-order valence-corrected chi connectivity index (χ2v) is 4.30. The van der Waals surface area contributed by atoms with Gasteiger partial charge in [-0.3, -0.25) is 0 Å². The Bertz CT molecular complexity index is 296. The van der Waals surface area contributed by atoms with Crippen LogP contribution in [-0.2, 0) is 0 Å². The molecule has 3 heteroatoms. The van der Waals surface area contributed by atoms with Crippen LogP contribution in [0, 0.1) is 5.92 Å². The van der Waals surface area contributed by atoms with Gasteiger partial charge >= 0.3 is 0 Å². The van der Waals surface area contributed by atoms with Gasteiger partial charge < -0.3 is 15.2 Å². The van der Waals surface area contributed by atoms with Crippen LogP contribution in [0.2, 0.25) is 0 Å². The first-order chi connectivity index (χ1) is 7.86. The fraction of sp³-hybridized carbons (Fsp3) is 0.538. The maximum absolute atomic E-state index is 9.97. The summed E-state index contributed by atoms with van der Waals surface area (Å²) in [4.78, 5) is 0. The Hall–Kier alpha value is -1.06. The van der Waals surface area contributed by atoms with Gasteiger partial charge in [0, 0.05) is 12.5 Å². The van der Waals surface area contributed by atoms with E-state index in [1.807, 2.05) is 30.3 Å². The van der Waals surface area contributed by atoms with Gasteiger partial charge in [-0.1, -0.05) is 18.2 Å². The number of benzene rings is 1. The van der Waals surface area contributed by atoms with E-state index in [0.29, 0.717) is 12.5 Å². The second-order valence-electron chi connectivity index (χ2n) is 4.30. The van der Waals surface area contributed by atoms with Gasteiger partial charge in [0.2, 0.25) is 0 Å². The summed E-state index contributed by atoms with van der Waals surface area (Å²) in [6.07, 6.45) is 1.87. The summed E-state index contributed by atoms with van der Waals surface area (Å²) in [7, 11) is 0. The average molecular weight is 221 g/mol. The number of hydrogen-bond acceptors (Lipinski definition) is 3. The van der Waals surface area contributed by atoms with Gasteiger partial charge in [-0.25, -0.2) is 0 Å². The molecule has 0 saturated carbocycles. The average Bonchev–Trinajstić information content (AvgIpc) is 2.38. The molecule has 2 rings (SSSR count). The molecular weight excluding hydrogens is 202 g/mol. The fourth-order valence-corrected chi connectivity index (χ4v) is 2.04. The van der Waals surface area contributed by atoms with Crippen LogP contribution in [0.15, 0.2) is 30.3 Å². The van der Waals surface area contributed by atoms with E-state index in [2.05, 4.69) is 5.32 Å². The molecule has 1 aliphatic rings. The summed E-state index contributed by atoms with van der Waals surface area (Å²) in [5.74, 6) is 1.16. The van der Waals surface area contributed by atoms with E-state index in [0.717, 1.165) is 31.7 Å². The molecule has 0 amide bonds. The van der Waals surface area contributed by atoms with Crippen LogP contribution in [0.4, 0.5) is 0 Å². The molecular formula is C13H19NO2. The second kappa shape index (κ2) is 5.87. The summed E-state index contributed by atoms with van der Waals surface area (Å²) in [6.45, 7) is 2.36. The maximum atomic E-state index is 9.97. The smallest absolute Gasteiger partial charge is 0.119 e. The Kier molecular flexibility index (Phi) is 4.19. The van der Waals surface area contributed by atoms with E-state index >= 15 is 0 Å². The van der Waals surface area contributed by atoms with Crippen LogP contribution in [0.5, 0.6) is 5.75 Å². The maximum Gasteiger partial charge on any atom is 0.119 e. The molecule has 2 unspecified atom stereocenters. The van der Waals surface area contributed by atoms with Gasteiger partial charge in [0.25, 0.3) is 0 Å². The van der Waals surface area contributed by atoms with Crippen LogP contribution in [0.25, 0.3) is 0 Å². The molecule has 1 aromatic rings. The number of piperidine rings is 1. The molecule has 0 aliphatic carbocycles. The lowest BCUT2D eigenvalue weighted by molar-refractivity contribution is 0.0467. The standard InChI is InChI=1S/C13H19NO2/c15-13(11-5-4-8-14-9-11)10-16-12-6-2-1-3-7-12/h1-3,6-7,11,13-15H,4-5,8-10H2. The quantitative estimate of drug-likeness (QED) is 0.808. The Labute approximate surface area is 96.4 Å². The van der Waals surface area contributed by atoms with E-state index in [1.165, 1.54) is 0 Å². The molecule has 2 atom stereocenters. The topological polar surface area (TPSA) is 41.5 Å². The Morgan fingerprint density at radius 2 is 2.19 bits per heavy atom. The van der Waals surface area contributed by atoms with Crippen molar-refractivity contribution >= 4 is 0 Å². The van der Waals surface area contributed by atoms with Crippen LogP contribution in [-0.4, -0.2) is 30.9 Å². The van der Waals surface area contributed by atoms with E-state index in [9.17, 15) is 5.11 Å². The van der Waals surface area contributed by atoms with E-state index in [1.54, 1.807) is 0 Å². The first-order valence-corrected chi connectivity index (χ1v) is 5.93. The fourth-order valence-electron chi connectivity index (χ4n) is 2.04. The number of ether oxygens (including phenoxy) is 1. The van der Waals surface area contributed by atoms with Gasteiger partial charge in [-0.15, -0.1) is 0 Å². The van der Waals surface area contributed by atoms with Crippen molar-refractivity contribution in [3.63, 3.8) is 0 Å². The van der Waals surface area contributed by atoms with Crippen molar-refractivity contribution in [1.82, 2.24) is 5.32 Å². The molecule has 2 N–H and O–H groups in total. The summed E-state index contributed by atoms with van der Waals surface area (Å²) in [5, 5.41) is 13.3. The lowest BCUT2D eigenvalue weighted by Gasteiger charge is -2.27. The number of aliphatic hydroxyl groups excluding tert-OH is 1. The first-order valence-electron chi connectivity index (χ1n) is 5.93. The zero-order valence-corrected chi connectivity index (χ0v) is 9.43. The third kappa shape index (κ3) is 3.22. The monoisotopic (exact) mass is 221 g/mol. The SMILES string of the molecule is OC(COc1ccccc1)C1CCCNC1. The molecule has 1 aliphatic heterocycles. The summed E-state index contributed by atoms with van der Waals surface area (Å²) in [6, 6.07) is 9.64. The Balaban J connectivity index is 1.76. The molecule has 16 heavy (non-hydrogen) atoms. The van der Waals surface area contributed by atoms with Crippen molar-refractivity contribution in [2.24, 2.45) is 5.92 Å². The predicted molar refractivity (Wildman–Crippen MR) is 63.5 cm³/mol. The molecule has 1 aromatic carbocycles. The molecule has 1 fully saturated rings. The van der Waals surface area contributed by atoms with E-state index in [4.69, 9.17) is 4.74 Å². The highest BCUT2D eigenvalue weighted by atomic mass is 16.5. The number of para-hydroxylation sites is 1. The van der Waals surface area contributed by atoms with Crippen LogP contribution in [0.1, 0.15) is 12.8 Å². The largest absolute Gasteiger partial charge is 0.491 e. The zero-order chi connectivity index (χ0) is 11.2. The highest BCUT2D eigenvalue weighted by Crippen LogP contribution is 2.16. The minimum absolute atomic E-state index is 0.331. The molecule has 0 bridgehead atoms. The lowest BCUT2D eigenvalue weighted by Crippen LogP contribution is -2.39. The number of rotatable bonds is 4. The van der Waals surface area contributed by atoms with Crippen molar-refractivity contribution in [2.45, 2.75) is 18.9 Å². The van der Waals surface area contributed by atoms with Gasteiger partial charge in [0.15, 0.2) is 0 Å². The van der Waals surface area contributed by atoms with Crippen molar-refractivity contribution in [3.05, 3.63) is 30.3 Å².